The Morgan fingerprint density at radius 2 is 1.90 bits per heavy atom. The third-order valence-electron chi connectivity index (χ3n) is 3.07. The average molecular weight is 291 g/mol. The van der Waals surface area contributed by atoms with Gasteiger partial charge in [-0.15, -0.1) is 0 Å². The Kier molecular flexibility index (Phi) is 8.27. The molecule has 1 unspecified atom stereocenters. The van der Waals surface area contributed by atoms with Gasteiger partial charge in [0.2, 0.25) is 5.91 Å². The Balaban J connectivity index is 3.68. The number of amides is 1. The topological polar surface area (TPSA) is 78.8 Å². The van der Waals surface area contributed by atoms with Crippen LogP contribution in [0.1, 0.15) is 20.3 Å². The van der Waals surface area contributed by atoms with Crippen molar-refractivity contribution >= 4 is 5.91 Å². The van der Waals surface area contributed by atoms with E-state index >= 15 is 0 Å². The summed E-state index contributed by atoms with van der Waals surface area (Å²) in [6, 6.07) is 0. The molecule has 0 radical (unpaired) electrons. The van der Waals surface area contributed by atoms with Crippen molar-refractivity contribution in [2.75, 3.05) is 54.1 Å². The summed E-state index contributed by atoms with van der Waals surface area (Å²) in [6.07, 6.45) is -0.499. The van der Waals surface area contributed by atoms with Gasteiger partial charge in [-0.3, -0.25) is 4.79 Å². The van der Waals surface area contributed by atoms with Gasteiger partial charge in [-0.25, -0.2) is 0 Å². The lowest BCUT2D eigenvalue weighted by atomic mass is 9.87. The van der Waals surface area contributed by atoms with E-state index in [1.807, 2.05) is 0 Å². The molecule has 6 heteroatoms. The first-order chi connectivity index (χ1) is 9.10. The highest BCUT2D eigenvalue weighted by atomic mass is 16.5. The smallest absolute Gasteiger partial charge is 0.249 e. The summed E-state index contributed by atoms with van der Waals surface area (Å²) in [7, 11) is 6.32. The highest BCUT2D eigenvalue weighted by Gasteiger charge is 2.32. The van der Waals surface area contributed by atoms with Gasteiger partial charge in [-0.2, -0.15) is 0 Å². The van der Waals surface area contributed by atoms with E-state index in [9.17, 15) is 9.90 Å². The molecular formula is C14H31N2O4+. The van der Waals surface area contributed by atoms with Crippen LogP contribution in [0.3, 0.4) is 0 Å². The molecule has 1 atom stereocenters. The van der Waals surface area contributed by atoms with Gasteiger partial charge in [-0.05, 0) is 6.42 Å². The molecule has 0 aromatic carbocycles. The number of aliphatic hydroxyl groups is 2. The molecule has 0 aromatic heterocycles. The number of rotatable bonds is 10. The maximum atomic E-state index is 11.7. The van der Waals surface area contributed by atoms with Crippen LogP contribution >= 0.6 is 0 Å². The molecule has 0 aliphatic carbocycles. The van der Waals surface area contributed by atoms with Crippen molar-refractivity contribution in [3.63, 3.8) is 0 Å². The molecule has 0 aliphatic rings. The molecule has 0 spiro atoms. The summed E-state index contributed by atoms with van der Waals surface area (Å²) < 4.78 is 6.33. The summed E-state index contributed by atoms with van der Waals surface area (Å²) in [5.74, 6) is -0.449. The lowest BCUT2D eigenvalue weighted by molar-refractivity contribution is -0.870. The summed E-state index contributed by atoms with van der Waals surface area (Å²) in [4.78, 5) is 11.7. The van der Waals surface area contributed by atoms with E-state index < -0.39 is 17.4 Å². The van der Waals surface area contributed by atoms with Gasteiger partial charge in [0.25, 0.3) is 0 Å². The molecular weight excluding hydrogens is 260 g/mol. The maximum Gasteiger partial charge on any atom is 0.249 e. The zero-order valence-corrected chi connectivity index (χ0v) is 13.5. The lowest BCUT2D eigenvalue weighted by Crippen LogP contribution is -2.45. The molecule has 1 amide bonds. The molecule has 0 saturated heterocycles. The normalized spacial score (nSPS) is 14.2. The third kappa shape index (κ3) is 8.47. The predicted octanol–water partition coefficient (Wildman–Crippen LogP) is -0.405. The minimum absolute atomic E-state index is 0.240. The number of carbonyl (C=O) groups excluding carboxylic acids is 1. The van der Waals surface area contributed by atoms with Crippen LogP contribution in [0.25, 0.3) is 0 Å². The van der Waals surface area contributed by atoms with E-state index in [1.165, 1.54) is 0 Å². The van der Waals surface area contributed by atoms with Crippen LogP contribution in [-0.4, -0.2) is 80.8 Å². The molecule has 0 fully saturated rings. The number of likely N-dealkylation sites (N-methyl/N-ethyl adjacent to an activating group) is 1. The molecule has 0 aliphatic heterocycles. The Morgan fingerprint density at radius 3 is 2.40 bits per heavy atom. The van der Waals surface area contributed by atoms with Crippen LogP contribution in [0.15, 0.2) is 0 Å². The van der Waals surface area contributed by atoms with Crippen LogP contribution < -0.4 is 5.32 Å². The van der Waals surface area contributed by atoms with Gasteiger partial charge in [-0.1, -0.05) is 13.8 Å². The third-order valence-corrected chi connectivity index (χ3v) is 3.07. The number of nitrogens with zero attached hydrogens (tertiary/aromatic N) is 1. The van der Waals surface area contributed by atoms with E-state index in [2.05, 4.69) is 26.5 Å². The largest absolute Gasteiger partial charge is 0.396 e. The second kappa shape index (κ2) is 8.56. The van der Waals surface area contributed by atoms with Crippen molar-refractivity contribution in [2.45, 2.75) is 26.4 Å². The number of hydrogen-bond donors (Lipinski definition) is 3. The fourth-order valence-electron chi connectivity index (χ4n) is 1.36. The quantitative estimate of drug-likeness (QED) is 0.378. The van der Waals surface area contributed by atoms with Crippen LogP contribution in [0.4, 0.5) is 0 Å². The van der Waals surface area contributed by atoms with Crippen LogP contribution in [0.5, 0.6) is 0 Å². The summed E-state index contributed by atoms with van der Waals surface area (Å²) in [5, 5.41) is 21.5. The first-order valence-corrected chi connectivity index (χ1v) is 7.05. The molecule has 0 heterocycles. The van der Waals surface area contributed by atoms with Gasteiger partial charge >= 0.3 is 0 Å². The van der Waals surface area contributed by atoms with E-state index in [1.54, 1.807) is 13.8 Å². The van der Waals surface area contributed by atoms with Gasteiger partial charge in [0, 0.05) is 18.6 Å². The number of nitrogens with one attached hydrogen (secondary N) is 1. The van der Waals surface area contributed by atoms with Gasteiger partial charge in [0.15, 0.2) is 0 Å². The first-order valence-electron chi connectivity index (χ1n) is 7.05. The van der Waals surface area contributed by atoms with Crippen molar-refractivity contribution in [1.82, 2.24) is 5.32 Å². The molecule has 3 N–H and O–H groups in total. The average Bonchev–Trinajstić information content (AvgIpc) is 2.35. The second-order valence-electron chi connectivity index (χ2n) is 6.82. The van der Waals surface area contributed by atoms with Crippen molar-refractivity contribution in [3.05, 3.63) is 0 Å². The highest BCUT2D eigenvalue weighted by Crippen LogP contribution is 2.19. The number of ether oxygens (including phenoxy) is 1. The van der Waals surface area contributed by atoms with Crippen molar-refractivity contribution in [2.24, 2.45) is 5.41 Å². The molecule has 6 nitrogen and oxygen atoms in total. The van der Waals surface area contributed by atoms with Crippen molar-refractivity contribution in [3.8, 4) is 0 Å². The SMILES string of the molecule is CC(C)(CO)C(O)C(=O)NCCCOCC[N+](C)(C)C. The highest BCUT2D eigenvalue weighted by molar-refractivity contribution is 5.81. The van der Waals surface area contributed by atoms with Crippen LogP contribution in [-0.2, 0) is 9.53 Å². The van der Waals surface area contributed by atoms with Crippen LogP contribution in [0.2, 0.25) is 0 Å². The van der Waals surface area contributed by atoms with Gasteiger partial charge < -0.3 is 24.7 Å². The minimum atomic E-state index is -1.20. The molecule has 0 rings (SSSR count). The molecule has 0 saturated carbocycles. The van der Waals surface area contributed by atoms with E-state index in [0.717, 1.165) is 11.0 Å². The maximum absolute atomic E-state index is 11.7. The number of hydrogen-bond acceptors (Lipinski definition) is 4. The van der Waals surface area contributed by atoms with Gasteiger partial charge in [0.1, 0.15) is 12.6 Å². The molecule has 0 bridgehead atoms. The minimum Gasteiger partial charge on any atom is -0.396 e. The van der Waals surface area contributed by atoms with E-state index in [-0.39, 0.29) is 6.61 Å². The molecule has 20 heavy (non-hydrogen) atoms. The zero-order valence-electron chi connectivity index (χ0n) is 13.5. The fourth-order valence-corrected chi connectivity index (χ4v) is 1.36. The first kappa shape index (κ1) is 19.3. The van der Waals surface area contributed by atoms with E-state index in [4.69, 9.17) is 9.84 Å². The van der Waals surface area contributed by atoms with Crippen molar-refractivity contribution < 1.29 is 24.2 Å². The van der Waals surface area contributed by atoms with Crippen molar-refractivity contribution in [1.29, 1.82) is 0 Å². The Morgan fingerprint density at radius 1 is 1.30 bits per heavy atom. The molecule has 0 aromatic rings. The number of carbonyl (C=O) groups is 1. The number of quaternary nitrogens is 1. The molecule has 120 valence electrons. The Bertz CT molecular complexity index is 287. The Labute approximate surface area is 122 Å². The van der Waals surface area contributed by atoms with Crippen LogP contribution in [0, 0.1) is 5.41 Å². The number of aliphatic hydroxyl groups excluding tert-OH is 2. The second-order valence-corrected chi connectivity index (χ2v) is 6.82. The lowest BCUT2D eigenvalue weighted by Gasteiger charge is -2.27. The van der Waals surface area contributed by atoms with Gasteiger partial charge in [0.05, 0.1) is 34.4 Å². The zero-order chi connectivity index (χ0) is 15.8. The standard InChI is InChI=1S/C14H30N2O4/c1-14(2,11-17)12(18)13(19)15-7-6-9-20-10-8-16(3,4)5/h12,17-18H,6-11H2,1-5H3/p+1. The Hall–Kier alpha value is -0.690. The summed E-state index contributed by atoms with van der Waals surface area (Å²) in [5.41, 5.74) is -0.828. The monoisotopic (exact) mass is 291 g/mol. The fraction of sp³-hybridized carbons (Fsp3) is 0.929. The van der Waals surface area contributed by atoms with E-state index in [0.29, 0.717) is 26.2 Å². The predicted molar refractivity (Wildman–Crippen MR) is 78.2 cm³/mol. The summed E-state index contributed by atoms with van der Waals surface area (Å²) in [6.45, 7) is 5.72. The summed E-state index contributed by atoms with van der Waals surface area (Å²) >= 11 is 0.